The zero-order chi connectivity index (χ0) is 13.5. The molecule has 2 aromatic rings. The Bertz CT molecular complexity index is 607. The lowest BCUT2D eigenvalue weighted by Crippen LogP contribution is -2.11. The van der Waals surface area contributed by atoms with Crippen molar-refractivity contribution in [2.45, 2.75) is 0 Å². The molecule has 19 heavy (non-hydrogen) atoms. The van der Waals surface area contributed by atoms with Gasteiger partial charge in [-0.25, -0.2) is 0 Å². The maximum atomic E-state index is 11.9. The van der Waals surface area contributed by atoms with Crippen molar-refractivity contribution >= 4 is 11.6 Å². The van der Waals surface area contributed by atoms with E-state index in [1.54, 1.807) is 12.1 Å². The molecule has 3 nitrogen and oxygen atoms in total. The van der Waals surface area contributed by atoms with Crippen molar-refractivity contribution in [3.8, 4) is 11.8 Å². The molecule has 3 heteroatoms. The molecule has 0 saturated heterocycles. The van der Waals surface area contributed by atoms with Gasteiger partial charge in [0.2, 0.25) is 0 Å². The lowest BCUT2D eigenvalue weighted by molar-refractivity contribution is 0.102. The van der Waals surface area contributed by atoms with E-state index in [1.807, 2.05) is 42.5 Å². The van der Waals surface area contributed by atoms with Crippen molar-refractivity contribution in [2.24, 2.45) is 5.73 Å². The van der Waals surface area contributed by atoms with Gasteiger partial charge < -0.3 is 11.1 Å². The van der Waals surface area contributed by atoms with E-state index in [1.165, 1.54) is 0 Å². The van der Waals surface area contributed by atoms with Crippen LogP contribution < -0.4 is 11.1 Å². The molecule has 0 spiro atoms. The fraction of sp³-hybridized carbons (Fsp3) is 0.0625. The number of carbonyl (C=O) groups excluding carboxylic acids is 1. The first kappa shape index (κ1) is 12.9. The van der Waals surface area contributed by atoms with Crippen molar-refractivity contribution in [1.29, 1.82) is 0 Å². The number of amides is 1. The monoisotopic (exact) mass is 250 g/mol. The van der Waals surface area contributed by atoms with Gasteiger partial charge in [-0.05, 0) is 36.4 Å². The van der Waals surface area contributed by atoms with E-state index in [0.717, 1.165) is 11.3 Å². The second-order valence-electron chi connectivity index (χ2n) is 3.90. The third-order valence-corrected chi connectivity index (χ3v) is 2.51. The predicted molar refractivity (Wildman–Crippen MR) is 76.8 cm³/mol. The second-order valence-corrected chi connectivity index (χ2v) is 3.90. The van der Waals surface area contributed by atoms with Gasteiger partial charge in [0, 0.05) is 16.8 Å². The minimum Gasteiger partial charge on any atom is -0.322 e. The average Bonchev–Trinajstić information content (AvgIpc) is 2.47. The molecule has 2 rings (SSSR count). The van der Waals surface area contributed by atoms with Crippen molar-refractivity contribution in [3.05, 3.63) is 65.7 Å². The van der Waals surface area contributed by atoms with E-state index < -0.39 is 0 Å². The Morgan fingerprint density at radius 3 is 2.37 bits per heavy atom. The first-order valence-electron chi connectivity index (χ1n) is 5.95. The molecule has 0 atom stereocenters. The summed E-state index contributed by atoms with van der Waals surface area (Å²) in [7, 11) is 0. The van der Waals surface area contributed by atoms with E-state index in [4.69, 9.17) is 5.73 Å². The predicted octanol–water partition coefficient (Wildman–Crippen LogP) is 2.25. The van der Waals surface area contributed by atoms with Crippen molar-refractivity contribution in [1.82, 2.24) is 0 Å². The second kappa shape index (κ2) is 6.39. The van der Waals surface area contributed by atoms with Crippen LogP contribution in [0.4, 0.5) is 5.69 Å². The number of carbonyl (C=O) groups is 1. The molecule has 0 saturated carbocycles. The minimum atomic E-state index is -0.124. The van der Waals surface area contributed by atoms with Gasteiger partial charge in [0.15, 0.2) is 0 Å². The van der Waals surface area contributed by atoms with E-state index in [0.29, 0.717) is 12.1 Å². The molecule has 0 unspecified atom stereocenters. The lowest BCUT2D eigenvalue weighted by atomic mass is 10.2. The number of nitrogens with two attached hydrogens (primary N) is 1. The van der Waals surface area contributed by atoms with Crippen LogP contribution in [0, 0.1) is 11.8 Å². The Morgan fingerprint density at radius 1 is 1.05 bits per heavy atom. The average molecular weight is 250 g/mol. The van der Waals surface area contributed by atoms with Crippen LogP contribution in [0.15, 0.2) is 54.6 Å². The molecule has 0 radical (unpaired) electrons. The highest BCUT2D eigenvalue weighted by Crippen LogP contribution is 2.10. The summed E-state index contributed by atoms with van der Waals surface area (Å²) < 4.78 is 0. The molecule has 3 N–H and O–H groups in total. The van der Waals surface area contributed by atoms with Crippen LogP contribution in [0.1, 0.15) is 15.9 Å². The van der Waals surface area contributed by atoms with Crippen LogP contribution in [-0.2, 0) is 0 Å². The molecule has 0 fully saturated rings. The largest absolute Gasteiger partial charge is 0.322 e. The quantitative estimate of drug-likeness (QED) is 0.803. The van der Waals surface area contributed by atoms with E-state index in [2.05, 4.69) is 17.2 Å². The van der Waals surface area contributed by atoms with Crippen molar-refractivity contribution in [2.75, 3.05) is 11.9 Å². The maximum absolute atomic E-state index is 11.9. The summed E-state index contributed by atoms with van der Waals surface area (Å²) in [6.45, 7) is 0.340. The van der Waals surface area contributed by atoms with Crippen LogP contribution in [0.25, 0.3) is 0 Å². The molecular weight excluding hydrogens is 236 g/mol. The Hall–Kier alpha value is -2.57. The summed E-state index contributed by atoms with van der Waals surface area (Å²) in [6.07, 6.45) is 0. The van der Waals surface area contributed by atoms with E-state index in [-0.39, 0.29) is 5.91 Å². The van der Waals surface area contributed by atoms with Crippen LogP contribution >= 0.6 is 0 Å². The molecule has 0 aliphatic carbocycles. The first-order valence-corrected chi connectivity index (χ1v) is 5.95. The molecule has 94 valence electrons. The topological polar surface area (TPSA) is 55.1 Å². The zero-order valence-corrected chi connectivity index (χ0v) is 10.4. The van der Waals surface area contributed by atoms with Gasteiger partial charge in [0.25, 0.3) is 5.91 Å². The van der Waals surface area contributed by atoms with Crippen LogP contribution in [-0.4, -0.2) is 12.5 Å². The summed E-state index contributed by atoms with van der Waals surface area (Å²) in [5, 5.41) is 2.83. The number of nitrogens with one attached hydrogen (secondary N) is 1. The third-order valence-electron chi connectivity index (χ3n) is 2.51. The van der Waals surface area contributed by atoms with Crippen molar-refractivity contribution < 1.29 is 4.79 Å². The van der Waals surface area contributed by atoms with Gasteiger partial charge in [-0.2, -0.15) is 0 Å². The number of hydrogen-bond donors (Lipinski definition) is 2. The zero-order valence-electron chi connectivity index (χ0n) is 10.4. The Balaban J connectivity index is 2.06. The molecule has 2 aromatic carbocycles. The number of hydrogen-bond acceptors (Lipinski definition) is 2. The number of rotatable bonds is 2. The lowest BCUT2D eigenvalue weighted by Gasteiger charge is -2.05. The third kappa shape index (κ3) is 3.70. The number of anilines is 1. The van der Waals surface area contributed by atoms with E-state index in [9.17, 15) is 4.79 Å². The molecule has 0 aliphatic rings. The smallest absolute Gasteiger partial charge is 0.255 e. The van der Waals surface area contributed by atoms with Gasteiger partial charge in [-0.1, -0.05) is 30.0 Å². The molecule has 0 aliphatic heterocycles. The van der Waals surface area contributed by atoms with Gasteiger partial charge in [-0.15, -0.1) is 0 Å². The Labute approximate surface area is 112 Å². The van der Waals surface area contributed by atoms with Gasteiger partial charge in [-0.3, -0.25) is 4.79 Å². The number of benzene rings is 2. The first-order chi connectivity index (χ1) is 9.29. The van der Waals surface area contributed by atoms with Crippen LogP contribution in [0.3, 0.4) is 0 Å². The molecule has 1 amide bonds. The highest BCUT2D eigenvalue weighted by atomic mass is 16.1. The van der Waals surface area contributed by atoms with Crippen LogP contribution in [0.2, 0.25) is 0 Å². The van der Waals surface area contributed by atoms with Gasteiger partial charge >= 0.3 is 0 Å². The standard InChI is InChI=1S/C16H14N2O/c17-12-4-5-13-8-10-15(11-9-13)18-16(19)14-6-2-1-3-7-14/h1-3,6-11H,12,17H2,(H,18,19). The normalized spacial score (nSPS) is 9.32. The Kier molecular flexibility index (Phi) is 4.33. The SMILES string of the molecule is NCC#Cc1ccc(NC(=O)c2ccccc2)cc1. The summed E-state index contributed by atoms with van der Waals surface area (Å²) in [6, 6.07) is 16.4. The van der Waals surface area contributed by atoms with Gasteiger partial charge in [0.05, 0.1) is 6.54 Å². The Morgan fingerprint density at radius 2 is 1.74 bits per heavy atom. The highest BCUT2D eigenvalue weighted by molar-refractivity contribution is 6.04. The van der Waals surface area contributed by atoms with Crippen LogP contribution in [0.5, 0.6) is 0 Å². The fourth-order valence-electron chi connectivity index (χ4n) is 1.58. The van der Waals surface area contributed by atoms with Gasteiger partial charge in [0.1, 0.15) is 0 Å². The van der Waals surface area contributed by atoms with E-state index >= 15 is 0 Å². The highest BCUT2D eigenvalue weighted by Gasteiger charge is 2.04. The molecular formula is C16H14N2O. The van der Waals surface area contributed by atoms with Crippen molar-refractivity contribution in [3.63, 3.8) is 0 Å². The summed E-state index contributed by atoms with van der Waals surface area (Å²) in [5.41, 5.74) is 7.56. The molecule has 0 aromatic heterocycles. The summed E-state index contributed by atoms with van der Waals surface area (Å²) in [4.78, 5) is 11.9. The maximum Gasteiger partial charge on any atom is 0.255 e. The fourth-order valence-corrected chi connectivity index (χ4v) is 1.58. The minimum absolute atomic E-state index is 0.124. The summed E-state index contributed by atoms with van der Waals surface area (Å²) in [5.74, 6) is 5.59. The molecule has 0 heterocycles. The molecule has 0 bridgehead atoms. The summed E-state index contributed by atoms with van der Waals surface area (Å²) >= 11 is 0.